The summed E-state index contributed by atoms with van der Waals surface area (Å²) in [6, 6.07) is 8.34. The quantitative estimate of drug-likeness (QED) is 0.526. The number of carbonyl (C=O) groups is 3. The highest BCUT2D eigenvalue weighted by Gasteiger charge is 2.55. The van der Waals surface area contributed by atoms with Crippen LogP contribution < -0.4 is 15.4 Å². The number of imide groups is 1. The summed E-state index contributed by atoms with van der Waals surface area (Å²) in [6.07, 6.45) is 4.73. The van der Waals surface area contributed by atoms with Crippen molar-refractivity contribution in [3.63, 3.8) is 0 Å². The maximum Gasteiger partial charge on any atom is 0.325 e. The molecule has 1 spiro atoms. The molecule has 0 radical (unpaired) electrons. The van der Waals surface area contributed by atoms with Gasteiger partial charge in [-0.2, -0.15) is 0 Å². The first kappa shape index (κ1) is 23.0. The van der Waals surface area contributed by atoms with Crippen molar-refractivity contribution in [2.45, 2.75) is 49.6 Å². The van der Waals surface area contributed by atoms with Crippen LogP contribution in [0.15, 0.2) is 52.0 Å². The Morgan fingerprint density at radius 2 is 1.97 bits per heavy atom. The first-order valence-corrected chi connectivity index (χ1v) is 12.3. The monoisotopic (exact) mass is 474 g/mol. The molecule has 2 aromatic rings. The molecule has 1 aliphatic carbocycles. The van der Waals surface area contributed by atoms with E-state index in [2.05, 4.69) is 15.4 Å². The highest BCUT2D eigenvalue weighted by Crippen LogP contribution is 2.38. The van der Waals surface area contributed by atoms with E-state index in [4.69, 9.17) is 4.42 Å². The third-order valence-corrected chi connectivity index (χ3v) is 7.69. The third-order valence-electron chi connectivity index (χ3n) is 6.27. The topological polar surface area (TPSA) is 138 Å². The number of nitrogens with zero attached hydrogens (tertiary/aromatic N) is 1. The zero-order valence-electron chi connectivity index (χ0n) is 18.2. The molecule has 0 bridgehead atoms. The van der Waals surface area contributed by atoms with Crippen LogP contribution in [0.5, 0.6) is 0 Å². The van der Waals surface area contributed by atoms with Crippen LogP contribution in [-0.4, -0.2) is 43.2 Å². The summed E-state index contributed by atoms with van der Waals surface area (Å²) in [5, 5.41) is 5.41. The van der Waals surface area contributed by atoms with Crippen molar-refractivity contribution < 1.29 is 27.2 Å². The van der Waals surface area contributed by atoms with Crippen molar-refractivity contribution in [3.05, 3.63) is 48.4 Å². The molecule has 1 aromatic carbocycles. The van der Waals surface area contributed by atoms with E-state index in [0.717, 1.165) is 24.2 Å². The molecular formula is C22H26N4O6S. The zero-order chi connectivity index (χ0) is 23.6. The Hall–Kier alpha value is -3.18. The smallest absolute Gasteiger partial charge is 0.325 e. The van der Waals surface area contributed by atoms with Gasteiger partial charge in [-0.15, -0.1) is 0 Å². The van der Waals surface area contributed by atoms with Gasteiger partial charge in [0.05, 0.1) is 17.7 Å². The standard InChI is InChI=1S/C22H26N4O6S/c1-15-5-2-3-11-22(15)20(28)26(21(29)25-22)14-19(27)24-16-7-9-18(10-8-16)33(30,31)23-13-17-6-4-12-32-17/h4,6-10,12,15,23H,2-3,5,11,13-14H2,1H3,(H,24,27)(H,25,29). The Balaban J connectivity index is 1.36. The average Bonchev–Trinajstić information content (AvgIpc) is 3.38. The van der Waals surface area contributed by atoms with E-state index in [-0.39, 0.29) is 23.3 Å². The molecule has 1 saturated heterocycles. The molecule has 1 saturated carbocycles. The van der Waals surface area contributed by atoms with Crippen molar-refractivity contribution >= 4 is 33.6 Å². The number of amides is 4. The van der Waals surface area contributed by atoms with Crippen LogP contribution in [0.1, 0.15) is 38.4 Å². The number of rotatable bonds is 7. The van der Waals surface area contributed by atoms with E-state index < -0.39 is 34.0 Å². The zero-order valence-corrected chi connectivity index (χ0v) is 19.0. The lowest BCUT2D eigenvalue weighted by Gasteiger charge is -2.36. The molecule has 4 amide bonds. The minimum absolute atomic E-state index is 0.00616. The summed E-state index contributed by atoms with van der Waals surface area (Å²) in [5.74, 6) is -0.427. The van der Waals surface area contributed by atoms with Crippen molar-refractivity contribution in [2.75, 3.05) is 11.9 Å². The van der Waals surface area contributed by atoms with Gasteiger partial charge in [-0.25, -0.2) is 17.9 Å². The Bertz CT molecular complexity index is 1150. The lowest BCUT2D eigenvalue weighted by molar-refractivity contribution is -0.136. The summed E-state index contributed by atoms with van der Waals surface area (Å²) in [4.78, 5) is 38.9. The number of sulfonamides is 1. The molecule has 10 nitrogen and oxygen atoms in total. The number of anilines is 1. The Kier molecular flexibility index (Phi) is 6.26. The lowest BCUT2D eigenvalue weighted by atomic mass is 9.73. The van der Waals surface area contributed by atoms with Gasteiger partial charge in [0.2, 0.25) is 15.9 Å². The molecule has 11 heteroatoms. The summed E-state index contributed by atoms with van der Waals surface area (Å²) in [6.45, 7) is 1.55. The third kappa shape index (κ3) is 4.64. The van der Waals surface area contributed by atoms with Crippen molar-refractivity contribution in [2.24, 2.45) is 5.92 Å². The van der Waals surface area contributed by atoms with Gasteiger partial charge in [0.1, 0.15) is 17.8 Å². The van der Waals surface area contributed by atoms with Crippen LogP contribution in [0.2, 0.25) is 0 Å². The Labute approximate surface area is 191 Å². The van der Waals surface area contributed by atoms with Crippen LogP contribution in [0, 0.1) is 5.92 Å². The fourth-order valence-electron chi connectivity index (χ4n) is 4.36. The molecule has 2 fully saturated rings. The number of benzene rings is 1. The first-order chi connectivity index (χ1) is 15.7. The van der Waals surface area contributed by atoms with Crippen LogP contribution in [-0.2, 0) is 26.2 Å². The molecule has 2 atom stereocenters. The van der Waals surface area contributed by atoms with E-state index in [0.29, 0.717) is 17.9 Å². The van der Waals surface area contributed by atoms with E-state index in [1.54, 1.807) is 12.1 Å². The van der Waals surface area contributed by atoms with Gasteiger partial charge in [-0.1, -0.05) is 19.8 Å². The summed E-state index contributed by atoms with van der Waals surface area (Å²) in [5.41, 5.74) is -0.577. The van der Waals surface area contributed by atoms with E-state index in [9.17, 15) is 22.8 Å². The number of urea groups is 1. The highest BCUT2D eigenvalue weighted by atomic mass is 32.2. The van der Waals surface area contributed by atoms with Crippen LogP contribution in [0.3, 0.4) is 0 Å². The lowest BCUT2D eigenvalue weighted by Crippen LogP contribution is -2.54. The second-order valence-electron chi connectivity index (χ2n) is 8.42. The number of hydrogen-bond acceptors (Lipinski definition) is 6. The van der Waals surface area contributed by atoms with E-state index in [1.807, 2.05) is 6.92 Å². The van der Waals surface area contributed by atoms with Crippen LogP contribution in [0.4, 0.5) is 10.5 Å². The fourth-order valence-corrected chi connectivity index (χ4v) is 5.36. The Morgan fingerprint density at radius 1 is 1.21 bits per heavy atom. The van der Waals surface area contributed by atoms with Crippen molar-refractivity contribution in [1.82, 2.24) is 14.9 Å². The Morgan fingerprint density at radius 3 is 2.64 bits per heavy atom. The molecule has 2 heterocycles. The largest absolute Gasteiger partial charge is 0.468 e. The first-order valence-electron chi connectivity index (χ1n) is 10.8. The normalized spacial score (nSPS) is 23.1. The number of nitrogens with one attached hydrogen (secondary N) is 3. The molecule has 3 N–H and O–H groups in total. The molecule has 176 valence electrons. The van der Waals surface area contributed by atoms with Gasteiger partial charge in [-0.3, -0.25) is 14.5 Å². The SMILES string of the molecule is CC1CCCCC12NC(=O)N(CC(=O)Nc1ccc(S(=O)(=O)NCc3ccco3)cc1)C2=O. The van der Waals surface area contributed by atoms with Gasteiger partial charge in [0.15, 0.2) is 0 Å². The van der Waals surface area contributed by atoms with Gasteiger partial charge in [0.25, 0.3) is 5.91 Å². The molecule has 2 unspecified atom stereocenters. The van der Waals surface area contributed by atoms with Gasteiger partial charge in [0, 0.05) is 5.69 Å². The van der Waals surface area contributed by atoms with Crippen molar-refractivity contribution in [3.8, 4) is 0 Å². The molecule has 4 rings (SSSR count). The summed E-state index contributed by atoms with van der Waals surface area (Å²) in [7, 11) is -3.76. The van der Waals surface area contributed by atoms with Crippen LogP contribution in [0.25, 0.3) is 0 Å². The fraction of sp³-hybridized carbons (Fsp3) is 0.409. The molecular weight excluding hydrogens is 448 g/mol. The second-order valence-corrected chi connectivity index (χ2v) is 10.2. The minimum Gasteiger partial charge on any atom is -0.468 e. The minimum atomic E-state index is -3.76. The molecule has 1 aromatic heterocycles. The summed E-state index contributed by atoms with van der Waals surface area (Å²) >= 11 is 0. The second kappa shape index (κ2) is 8.99. The van der Waals surface area contributed by atoms with E-state index >= 15 is 0 Å². The summed E-state index contributed by atoms with van der Waals surface area (Å²) < 4.78 is 32.4. The van der Waals surface area contributed by atoms with Gasteiger partial charge in [-0.05, 0) is 55.2 Å². The highest BCUT2D eigenvalue weighted by molar-refractivity contribution is 7.89. The van der Waals surface area contributed by atoms with Gasteiger partial charge >= 0.3 is 6.03 Å². The number of hydrogen-bond donors (Lipinski definition) is 3. The molecule has 33 heavy (non-hydrogen) atoms. The maximum absolute atomic E-state index is 13.0. The number of carbonyl (C=O) groups excluding carboxylic acids is 3. The average molecular weight is 475 g/mol. The van der Waals surface area contributed by atoms with Crippen LogP contribution >= 0.6 is 0 Å². The number of furan rings is 1. The predicted octanol–water partition coefficient (Wildman–Crippen LogP) is 2.20. The van der Waals surface area contributed by atoms with E-state index in [1.165, 1.54) is 30.5 Å². The van der Waals surface area contributed by atoms with Crippen molar-refractivity contribution in [1.29, 1.82) is 0 Å². The van der Waals surface area contributed by atoms with Gasteiger partial charge < -0.3 is 15.1 Å². The molecule has 2 aliphatic rings. The predicted molar refractivity (Wildman–Crippen MR) is 118 cm³/mol. The maximum atomic E-state index is 13.0. The molecule has 1 aliphatic heterocycles.